The lowest BCUT2D eigenvalue weighted by molar-refractivity contribution is 0.376. The van der Waals surface area contributed by atoms with E-state index in [9.17, 15) is 35.1 Å². The van der Waals surface area contributed by atoms with E-state index in [-0.39, 0.29) is 0 Å². The number of fused-ring (bicyclic) bond motifs is 4. The van der Waals surface area contributed by atoms with Crippen molar-refractivity contribution in [1.82, 2.24) is 9.38 Å². The predicted octanol–water partition coefficient (Wildman–Crippen LogP) is 10.3. The van der Waals surface area contributed by atoms with Gasteiger partial charge in [-0.2, -0.15) is 0 Å². The number of hydrogen-bond donors (Lipinski definition) is 1. The van der Waals surface area contributed by atoms with Crippen molar-refractivity contribution in [3.8, 4) is 11.1 Å². The maximum Gasteiger partial charge on any atom is 0.200 e. The van der Waals surface area contributed by atoms with E-state index in [4.69, 9.17) is 0 Å². The maximum atomic E-state index is 16.1. The van der Waals surface area contributed by atoms with E-state index in [0.717, 1.165) is 0 Å². The molecule has 0 atom stereocenters. The van der Waals surface area contributed by atoms with Crippen LogP contribution in [0.3, 0.4) is 0 Å². The largest absolute Gasteiger partial charge is 0.354 e. The Kier molecular flexibility index (Phi) is 9.56. The van der Waals surface area contributed by atoms with Gasteiger partial charge in [0.15, 0.2) is 93.1 Å². The summed E-state index contributed by atoms with van der Waals surface area (Å²) in [6, 6.07) is 2.67. The van der Waals surface area contributed by atoms with Gasteiger partial charge >= 0.3 is 0 Å². The lowest BCUT2D eigenvalue weighted by atomic mass is 9.94. The third kappa shape index (κ3) is 5.65. The van der Waals surface area contributed by atoms with Crippen molar-refractivity contribution in [2.45, 2.75) is 0 Å². The summed E-state index contributed by atoms with van der Waals surface area (Å²) in [4.78, 5) is 10.2. The molecule has 344 valence electrons. The Morgan fingerprint density at radius 3 is 1.21 bits per heavy atom. The fourth-order valence-electron chi connectivity index (χ4n) is 8.19. The molecule has 3 aliphatic rings. The first-order chi connectivity index (χ1) is 32.1. The van der Waals surface area contributed by atoms with Gasteiger partial charge in [-0.1, -0.05) is 0 Å². The van der Waals surface area contributed by atoms with Crippen LogP contribution in [0.4, 0.5) is 87.8 Å². The van der Waals surface area contributed by atoms with Crippen LogP contribution in [-0.4, -0.2) is 15.6 Å². The molecule has 4 nitrogen and oxygen atoms in total. The minimum atomic E-state index is -2.74. The second-order valence-electron chi connectivity index (χ2n) is 14.6. The van der Waals surface area contributed by atoms with Crippen molar-refractivity contribution in [1.29, 1.82) is 0 Å². The molecule has 0 saturated carbocycles. The van der Waals surface area contributed by atoms with Crippen LogP contribution in [0.2, 0.25) is 0 Å². The fourth-order valence-corrected chi connectivity index (χ4v) is 8.19. The van der Waals surface area contributed by atoms with E-state index in [1.807, 2.05) is 0 Å². The smallest absolute Gasteiger partial charge is 0.200 e. The van der Waals surface area contributed by atoms with E-state index in [0.29, 0.717) is 47.0 Å². The van der Waals surface area contributed by atoms with Gasteiger partial charge in [0.1, 0.15) is 5.49 Å². The number of rotatable bonds is 4. The third-order valence-corrected chi connectivity index (χ3v) is 11.1. The molecule has 24 heteroatoms. The Morgan fingerprint density at radius 2 is 0.750 bits per heavy atom. The average molecular weight is 973 g/mol. The molecular weight excluding hydrogens is 964 g/mol. The topological polar surface area (TPSA) is 44.9 Å². The van der Waals surface area contributed by atoms with E-state index in [2.05, 4.69) is 15.0 Å². The molecule has 0 radical (unpaired) electrons. The molecule has 7 aromatic rings. The summed E-state index contributed by atoms with van der Waals surface area (Å²) in [6.07, 6.45) is 1.49. The van der Waals surface area contributed by atoms with Crippen molar-refractivity contribution in [3.05, 3.63) is 208 Å². The zero-order valence-electron chi connectivity index (χ0n) is 31.9. The number of hydrogen-bond acceptors (Lipinski definition) is 2. The standard InChI is InChI=1S/C44H8F20N4/c45-24-20(25(46)33(54)40(61)32(24)53)16-8-5-12(65-7-8)19(23-30(51)38(59)43(64)39(60)31(23)52)15-4-3-14-17(21-26(47)34(55)41(62)35(56)27(21)48)9-6-13(67-44(9)68(14)15)18(11-2-1-10(16)66-11)22-28(49)36(57)42(63)37(58)29(22)50/h1-7,66H. The lowest BCUT2D eigenvalue weighted by Gasteiger charge is -2.15. The zero-order valence-corrected chi connectivity index (χ0v) is 31.9. The third-order valence-electron chi connectivity index (χ3n) is 11.1. The highest BCUT2D eigenvalue weighted by atomic mass is 19.2. The zero-order chi connectivity index (χ0) is 49.0. The summed E-state index contributed by atoms with van der Waals surface area (Å²) in [6.45, 7) is 0. The van der Waals surface area contributed by atoms with Crippen molar-refractivity contribution in [2.75, 3.05) is 0 Å². The number of aromatic amines is 1. The Hall–Kier alpha value is -7.92. The molecule has 0 spiro atoms. The van der Waals surface area contributed by atoms with Gasteiger partial charge in [-0.15, -0.1) is 0 Å². The van der Waals surface area contributed by atoms with Crippen LogP contribution >= 0.6 is 0 Å². The van der Waals surface area contributed by atoms with E-state index in [1.165, 1.54) is 0 Å². The van der Waals surface area contributed by atoms with Crippen molar-refractivity contribution in [2.24, 2.45) is 9.98 Å². The first-order valence-electron chi connectivity index (χ1n) is 18.4. The van der Waals surface area contributed by atoms with E-state index < -0.39 is 211 Å². The number of nitrogens with zero attached hydrogens (tertiary/aromatic N) is 3. The molecule has 4 aromatic carbocycles. The molecule has 0 fully saturated rings. The quantitative estimate of drug-likeness (QED) is 0.104. The number of benzene rings is 4. The molecule has 1 N–H and O–H groups in total. The minimum Gasteiger partial charge on any atom is -0.354 e. The molecule has 6 bridgehead atoms. The van der Waals surface area contributed by atoms with Crippen LogP contribution in [-0.2, 0) is 0 Å². The second kappa shape index (κ2) is 14.8. The monoisotopic (exact) mass is 972 g/mol. The molecule has 0 amide bonds. The Bertz CT molecular complexity index is 3790. The highest BCUT2D eigenvalue weighted by Gasteiger charge is 2.39. The van der Waals surface area contributed by atoms with Crippen molar-refractivity contribution >= 4 is 34.5 Å². The number of H-pyrrole nitrogens is 1. The van der Waals surface area contributed by atoms with Crippen LogP contribution in [0.25, 0.3) is 39.4 Å². The van der Waals surface area contributed by atoms with Gasteiger partial charge in [-0.3, -0.25) is 9.39 Å². The molecule has 3 aliphatic heterocycles. The lowest BCUT2D eigenvalue weighted by Crippen LogP contribution is -2.21. The Labute approximate surface area is 360 Å². The van der Waals surface area contributed by atoms with E-state index in [1.54, 1.807) is 0 Å². The summed E-state index contributed by atoms with van der Waals surface area (Å²) >= 11 is 0. The first-order valence-corrected chi connectivity index (χ1v) is 18.4. The molecule has 6 heterocycles. The molecular formula is C44H8F20N4. The van der Waals surface area contributed by atoms with Crippen LogP contribution in [0.5, 0.6) is 0 Å². The number of aliphatic imine (C=N–C) groups is 1. The maximum absolute atomic E-state index is 16.1. The van der Waals surface area contributed by atoms with Gasteiger partial charge < -0.3 is 4.98 Å². The van der Waals surface area contributed by atoms with Gasteiger partial charge in [0, 0.05) is 50.3 Å². The van der Waals surface area contributed by atoms with Gasteiger partial charge in [0.25, 0.3) is 0 Å². The minimum absolute atomic E-state index is 0.480. The molecule has 3 aromatic heterocycles. The molecule has 68 heavy (non-hydrogen) atoms. The predicted molar refractivity (Wildman–Crippen MR) is 194 cm³/mol. The number of aromatic nitrogens is 2. The number of nitrogens with one attached hydrogen (secondary N) is 1. The number of allylic oxidation sites excluding steroid dienone is 3. The van der Waals surface area contributed by atoms with Gasteiger partial charge in [-0.05, 0) is 36.4 Å². The highest BCUT2D eigenvalue weighted by molar-refractivity contribution is 6.06. The van der Waals surface area contributed by atoms with Gasteiger partial charge in [0.05, 0.1) is 44.9 Å². The van der Waals surface area contributed by atoms with Gasteiger partial charge in [-0.25, -0.2) is 92.8 Å². The van der Waals surface area contributed by atoms with Gasteiger partial charge in [0.2, 0.25) is 23.3 Å². The van der Waals surface area contributed by atoms with Crippen LogP contribution in [0.15, 0.2) is 57.3 Å². The molecule has 0 unspecified atom stereocenters. The first kappa shape index (κ1) is 43.9. The SMILES string of the molecule is Fc1c(F)c(F)c(C2=C3C=C(C=N3)C(c3c(F)c(F)c(F)c(F)c3F)=c3ccc([nH]3)=C(c3c(F)c(F)c(F)c(F)c3F)C3=Cc4c(-c5c(F)c(F)c(F)c(F)c5F)c5ccc2n5c4=N3)c(F)c1F. The summed E-state index contributed by atoms with van der Waals surface area (Å²) < 4.78 is 305. The summed E-state index contributed by atoms with van der Waals surface area (Å²) in [5.74, 6) is -52.7. The summed E-state index contributed by atoms with van der Waals surface area (Å²) in [5, 5.41) is -1.83. The normalized spacial score (nSPS) is 14.3. The molecule has 10 rings (SSSR count). The second-order valence-corrected chi connectivity index (χ2v) is 14.6. The molecule has 0 saturated heterocycles. The van der Waals surface area contributed by atoms with Crippen LogP contribution in [0.1, 0.15) is 27.9 Å². The van der Waals surface area contributed by atoms with Crippen LogP contribution < -0.4 is 16.2 Å². The summed E-state index contributed by atoms with van der Waals surface area (Å²) in [7, 11) is 0. The molecule has 0 aliphatic carbocycles. The van der Waals surface area contributed by atoms with Crippen molar-refractivity contribution < 1.29 is 87.8 Å². The Morgan fingerprint density at radius 1 is 0.368 bits per heavy atom. The average Bonchev–Trinajstić information content (AvgIpc) is 4.18. The Balaban J connectivity index is 1.49. The number of halogens is 20. The van der Waals surface area contributed by atoms with Crippen LogP contribution in [0, 0.1) is 116 Å². The van der Waals surface area contributed by atoms with E-state index >= 15 is 52.7 Å². The fraction of sp³-hybridized carbons (Fsp3) is 0. The summed E-state index contributed by atoms with van der Waals surface area (Å²) in [5.41, 5.74) is -19.0. The highest BCUT2D eigenvalue weighted by Crippen LogP contribution is 2.45. The van der Waals surface area contributed by atoms with Crippen molar-refractivity contribution in [3.63, 3.8) is 0 Å².